The van der Waals surface area contributed by atoms with E-state index in [4.69, 9.17) is 5.73 Å². The molecule has 0 fully saturated rings. The first kappa shape index (κ1) is 11.8. The molecule has 0 saturated heterocycles. The fourth-order valence-electron chi connectivity index (χ4n) is 1.45. The number of benzene rings is 2. The molecule has 0 saturated carbocycles. The van der Waals surface area contributed by atoms with Gasteiger partial charge in [0.15, 0.2) is 0 Å². The summed E-state index contributed by atoms with van der Waals surface area (Å²) in [5.74, 6) is -0.407. The normalized spacial score (nSPS) is 10.2. The lowest BCUT2D eigenvalue weighted by Crippen LogP contribution is -1.94. The summed E-state index contributed by atoms with van der Waals surface area (Å²) >= 11 is 1.68. The van der Waals surface area contributed by atoms with Gasteiger partial charge in [0.05, 0.1) is 5.69 Å². The number of nitrogens with one attached hydrogen (secondary N) is 1. The van der Waals surface area contributed by atoms with Gasteiger partial charge in [-0.25, -0.2) is 4.39 Å². The largest absolute Gasteiger partial charge is 0.396 e. The van der Waals surface area contributed by atoms with Crippen LogP contribution in [0.4, 0.5) is 21.5 Å². The molecular weight excluding hydrogens is 235 g/mol. The summed E-state index contributed by atoms with van der Waals surface area (Å²) in [7, 11) is 0. The van der Waals surface area contributed by atoms with Gasteiger partial charge in [-0.05, 0) is 48.7 Å². The molecule has 0 aliphatic carbocycles. The van der Waals surface area contributed by atoms with Crippen molar-refractivity contribution in [3.05, 3.63) is 48.3 Å². The van der Waals surface area contributed by atoms with Gasteiger partial charge >= 0.3 is 0 Å². The highest BCUT2D eigenvalue weighted by Crippen LogP contribution is 2.22. The van der Waals surface area contributed by atoms with Gasteiger partial charge in [0.1, 0.15) is 5.82 Å². The van der Waals surface area contributed by atoms with Crippen LogP contribution in [0.1, 0.15) is 0 Å². The van der Waals surface area contributed by atoms with E-state index in [0.717, 1.165) is 5.69 Å². The fourth-order valence-corrected chi connectivity index (χ4v) is 1.85. The van der Waals surface area contributed by atoms with E-state index in [1.807, 2.05) is 30.5 Å². The first-order valence-corrected chi connectivity index (χ1v) is 6.37. The average molecular weight is 248 g/mol. The van der Waals surface area contributed by atoms with Crippen molar-refractivity contribution in [1.82, 2.24) is 0 Å². The van der Waals surface area contributed by atoms with Crippen molar-refractivity contribution in [1.29, 1.82) is 0 Å². The minimum Gasteiger partial charge on any atom is -0.396 e. The minimum atomic E-state index is -0.407. The molecule has 2 nitrogen and oxygen atoms in total. The SMILES string of the molecule is CSc1ccc(Nc2ccc(N)c(F)c2)cc1. The van der Waals surface area contributed by atoms with Gasteiger partial charge in [0.25, 0.3) is 0 Å². The third kappa shape index (κ3) is 2.91. The maximum absolute atomic E-state index is 13.2. The molecule has 0 heterocycles. The van der Waals surface area contributed by atoms with Crippen molar-refractivity contribution in [2.75, 3.05) is 17.3 Å². The molecule has 0 radical (unpaired) electrons. The highest BCUT2D eigenvalue weighted by Gasteiger charge is 2.00. The number of anilines is 3. The molecule has 17 heavy (non-hydrogen) atoms. The van der Waals surface area contributed by atoms with Gasteiger partial charge in [0.2, 0.25) is 0 Å². The summed E-state index contributed by atoms with van der Waals surface area (Å²) in [6.45, 7) is 0. The number of thioether (sulfide) groups is 1. The van der Waals surface area contributed by atoms with Gasteiger partial charge in [-0.2, -0.15) is 0 Å². The Hall–Kier alpha value is -1.68. The molecule has 0 bridgehead atoms. The Balaban J connectivity index is 2.16. The Kier molecular flexibility index (Phi) is 3.54. The van der Waals surface area contributed by atoms with E-state index in [1.165, 1.54) is 11.0 Å². The molecule has 0 spiro atoms. The number of nitrogens with two attached hydrogens (primary N) is 1. The van der Waals surface area contributed by atoms with E-state index >= 15 is 0 Å². The van der Waals surface area contributed by atoms with Crippen LogP contribution in [0.15, 0.2) is 47.4 Å². The molecule has 2 rings (SSSR count). The number of halogens is 1. The predicted molar refractivity (Wildman–Crippen MR) is 72.3 cm³/mol. The Bertz CT molecular complexity index is 511. The van der Waals surface area contributed by atoms with Crippen LogP contribution in [0.25, 0.3) is 0 Å². The van der Waals surface area contributed by atoms with Crippen LogP contribution in [-0.2, 0) is 0 Å². The topological polar surface area (TPSA) is 38.0 Å². The molecule has 0 aliphatic heterocycles. The summed E-state index contributed by atoms with van der Waals surface area (Å²) < 4.78 is 13.2. The lowest BCUT2D eigenvalue weighted by molar-refractivity contribution is 0.633. The third-order valence-electron chi connectivity index (χ3n) is 2.38. The van der Waals surface area contributed by atoms with Crippen molar-refractivity contribution in [3.8, 4) is 0 Å². The van der Waals surface area contributed by atoms with Crippen molar-refractivity contribution in [3.63, 3.8) is 0 Å². The first-order valence-electron chi connectivity index (χ1n) is 5.15. The fraction of sp³-hybridized carbons (Fsp3) is 0.0769. The van der Waals surface area contributed by atoms with Gasteiger partial charge in [-0.15, -0.1) is 11.8 Å². The molecule has 0 aliphatic rings. The molecule has 0 amide bonds. The van der Waals surface area contributed by atoms with E-state index in [9.17, 15) is 4.39 Å². The molecule has 0 aromatic heterocycles. The minimum absolute atomic E-state index is 0.160. The van der Waals surface area contributed by atoms with Crippen molar-refractivity contribution >= 4 is 28.8 Å². The number of nitrogen functional groups attached to an aromatic ring is 1. The lowest BCUT2D eigenvalue weighted by atomic mass is 10.2. The maximum Gasteiger partial charge on any atom is 0.148 e. The summed E-state index contributed by atoms with van der Waals surface area (Å²) in [5, 5.41) is 3.12. The maximum atomic E-state index is 13.2. The van der Waals surface area contributed by atoms with Crippen molar-refractivity contribution in [2.45, 2.75) is 4.90 Å². The van der Waals surface area contributed by atoms with Gasteiger partial charge in [-0.3, -0.25) is 0 Å². The summed E-state index contributed by atoms with van der Waals surface area (Å²) in [5.41, 5.74) is 7.19. The summed E-state index contributed by atoms with van der Waals surface area (Å²) in [4.78, 5) is 1.19. The zero-order valence-electron chi connectivity index (χ0n) is 9.41. The smallest absolute Gasteiger partial charge is 0.148 e. The van der Waals surface area contributed by atoms with Crippen LogP contribution in [0.5, 0.6) is 0 Å². The predicted octanol–water partition coefficient (Wildman–Crippen LogP) is 3.87. The molecule has 2 aromatic carbocycles. The second-order valence-electron chi connectivity index (χ2n) is 3.59. The first-order chi connectivity index (χ1) is 8.19. The average Bonchev–Trinajstić information content (AvgIpc) is 2.35. The zero-order valence-corrected chi connectivity index (χ0v) is 10.2. The van der Waals surface area contributed by atoms with Crippen LogP contribution in [-0.4, -0.2) is 6.26 Å². The van der Waals surface area contributed by atoms with Gasteiger partial charge in [0, 0.05) is 16.3 Å². The Morgan fingerprint density at radius 3 is 2.29 bits per heavy atom. The third-order valence-corrected chi connectivity index (χ3v) is 3.12. The summed E-state index contributed by atoms with van der Waals surface area (Å²) in [6, 6.07) is 12.6. The van der Waals surface area contributed by atoms with Crippen molar-refractivity contribution < 1.29 is 4.39 Å². The Morgan fingerprint density at radius 2 is 1.71 bits per heavy atom. The van der Waals surface area contributed by atoms with E-state index < -0.39 is 5.82 Å². The molecule has 0 atom stereocenters. The molecule has 4 heteroatoms. The van der Waals surface area contributed by atoms with E-state index in [0.29, 0.717) is 5.69 Å². The van der Waals surface area contributed by atoms with Crippen LogP contribution in [0.3, 0.4) is 0 Å². The van der Waals surface area contributed by atoms with E-state index in [2.05, 4.69) is 5.32 Å². The molecule has 3 N–H and O–H groups in total. The molecular formula is C13H13FN2S. The monoisotopic (exact) mass is 248 g/mol. The van der Waals surface area contributed by atoms with Crippen LogP contribution in [0, 0.1) is 5.82 Å². The van der Waals surface area contributed by atoms with Crippen LogP contribution >= 0.6 is 11.8 Å². The lowest BCUT2D eigenvalue weighted by Gasteiger charge is -2.07. The van der Waals surface area contributed by atoms with Crippen LogP contribution in [0.2, 0.25) is 0 Å². The highest BCUT2D eigenvalue weighted by atomic mass is 32.2. The van der Waals surface area contributed by atoms with Gasteiger partial charge < -0.3 is 11.1 Å². The standard InChI is InChI=1S/C13H13FN2S/c1-17-11-5-2-9(3-6-11)16-10-4-7-13(15)12(14)8-10/h2-8,16H,15H2,1H3. The Labute approximate surface area is 104 Å². The van der Waals surface area contributed by atoms with Gasteiger partial charge in [-0.1, -0.05) is 0 Å². The van der Waals surface area contributed by atoms with E-state index in [-0.39, 0.29) is 5.69 Å². The second-order valence-corrected chi connectivity index (χ2v) is 4.47. The molecule has 0 unspecified atom stereocenters. The molecule has 2 aromatic rings. The number of hydrogen-bond acceptors (Lipinski definition) is 3. The quantitative estimate of drug-likeness (QED) is 0.639. The Morgan fingerprint density at radius 1 is 1.06 bits per heavy atom. The summed E-state index contributed by atoms with van der Waals surface area (Å²) in [6.07, 6.45) is 2.03. The number of rotatable bonds is 3. The number of hydrogen-bond donors (Lipinski definition) is 2. The molecule has 88 valence electrons. The highest BCUT2D eigenvalue weighted by molar-refractivity contribution is 7.98. The second kappa shape index (κ2) is 5.10. The van der Waals surface area contributed by atoms with Crippen molar-refractivity contribution in [2.24, 2.45) is 0 Å². The zero-order chi connectivity index (χ0) is 12.3. The van der Waals surface area contributed by atoms with Crippen LogP contribution < -0.4 is 11.1 Å². The van der Waals surface area contributed by atoms with E-state index in [1.54, 1.807) is 23.9 Å².